The zero-order chi connectivity index (χ0) is 22.2. The summed E-state index contributed by atoms with van der Waals surface area (Å²) < 4.78 is 13.2. The Labute approximate surface area is 188 Å². The molecule has 6 nitrogen and oxygen atoms in total. The normalized spacial score (nSPS) is 17.4. The third-order valence-electron chi connectivity index (χ3n) is 5.57. The zero-order valence-electron chi connectivity index (χ0n) is 16.8. The maximum Gasteiger partial charge on any atom is 0.343 e. The Morgan fingerprint density at radius 2 is 1.97 bits per heavy atom. The van der Waals surface area contributed by atoms with Gasteiger partial charge < -0.3 is 9.15 Å². The molecule has 1 N–H and O–H groups in total. The van der Waals surface area contributed by atoms with Crippen LogP contribution in [0.2, 0.25) is 5.02 Å². The Hall–Kier alpha value is -3.95. The fourth-order valence-electron chi connectivity index (χ4n) is 4.17. The van der Waals surface area contributed by atoms with Gasteiger partial charge in [-0.2, -0.15) is 5.26 Å². The SMILES string of the molecule is N#CC1C(=N)Oc2c(c(=O)oc3ccccc23)C1c1ccc[n+](Cc2cccc(Cl)c2)c1. The van der Waals surface area contributed by atoms with Gasteiger partial charge in [-0.25, -0.2) is 9.36 Å². The number of halogens is 1. The van der Waals surface area contributed by atoms with Gasteiger partial charge in [0.1, 0.15) is 11.5 Å². The molecule has 1 aliphatic heterocycles. The zero-order valence-corrected chi connectivity index (χ0v) is 17.5. The molecule has 0 saturated carbocycles. The van der Waals surface area contributed by atoms with Crippen molar-refractivity contribution in [3.05, 3.63) is 105 Å². The van der Waals surface area contributed by atoms with Gasteiger partial charge in [0, 0.05) is 22.2 Å². The van der Waals surface area contributed by atoms with Gasteiger partial charge in [-0.15, -0.1) is 0 Å². The van der Waals surface area contributed by atoms with Crippen molar-refractivity contribution in [2.75, 3.05) is 0 Å². The standard InChI is InChI=1S/C25H17ClN3O3/c26-17-7-3-5-15(11-17)13-29-10-4-6-16(14-29)21-19(12-27)24(28)32-23-18-8-1-2-9-20(18)31-25(30)22(21)23/h1-11,14,19,21,28H,13H2/q+1. The van der Waals surface area contributed by atoms with Gasteiger partial charge in [0.2, 0.25) is 5.90 Å². The minimum Gasteiger partial charge on any atom is -0.441 e. The Bertz CT molecular complexity index is 1470. The highest BCUT2D eigenvalue weighted by atomic mass is 35.5. The van der Waals surface area contributed by atoms with Gasteiger partial charge in [0.15, 0.2) is 24.7 Å². The van der Waals surface area contributed by atoms with E-state index in [-0.39, 0.29) is 17.2 Å². The number of rotatable bonds is 3. The molecule has 7 heteroatoms. The van der Waals surface area contributed by atoms with Gasteiger partial charge in [-0.05, 0) is 30.3 Å². The lowest BCUT2D eigenvalue weighted by molar-refractivity contribution is -0.688. The molecule has 2 atom stereocenters. The first-order chi connectivity index (χ1) is 15.5. The third kappa shape index (κ3) is 3.43. The molecule has 4 aromatic rings. The minimum atomic E-state index is -0.950. The fraction of sp³-hybridized carbons (Fsp3) is 0.120. The van der Waals surface area contributed by atoms with Crippen molar-refractivity contribution in [2.24, 2.45) is 5.92 Å². The molecule has 2 aromatic carbocycles. The van der Waals surface area contributed by atoms with Crippen LogP contribution in [-0.2, 0) is 6.54 Å². The maximum absolute atomic E-state index is 13.0. The summed E-state index contributed by atoms with van der Waals surface area (Å²) in [5.74, 6) is -1.55. The van der Waals surface area contributed by atoms with E-state index in [1.54, 1.807) is 18.2 Å². The second kappa shape index (κ2) is 7.95. The van der Waals surface area contributed by atoms with Crippen LogP contribution in [0.15, 0.2) is 82.3 Å². The summed E-state index contributed by atoms with van der Waals surface area (Å²) >= 11 is 6.11. The predicted octanol–water partition coefficient (Wildman–Crippen LogP) is 4.42. The molecule has 0 aliphatic carbocycles. The second-order valence-electron chi connectivity index (χ2n) is 7.62. The van der Waals surface area contributed by atoms with E-state index in [2.05, 4.69) is 6.07 Å². The topological polar surface area (TPSA) is 91.0 Å². The molecule has 0 fully saturated rings. The average molecular weight is 443 g/mol. The van der Waals surface area contributed by atoms with Crippen LogP contribution in [-0.4, -0.2) is 5.90 Å². The number of nitrogens with one attached hydrogen (secondary N) is 1. The molecule has 2 unspecified atom stereocenters. The molecule has 0 spiro atoms. The summed E-state index contributed by atoms with van der Waals surface area (Å²) in [6.07, 6.45) is 3.78. The number of ether oxygens (including phenoxy) is 1. The van der Waals surface area contributed by atoms with Crippen molar-refractivity contribution < 1.29 is 13.7 Å². The number of hydrogen-bond donors (Lipinski definition) is 1. The van der Waals surface area contributed by atoms with Crippen LogP contribution in [0.25, 0.3) is 11.0 Å². The van der Waals surface area contributed by atoms with Crippen molar-refractivity contribution in [2.45, 2.75) is 12.5 Å². The number of nitriles is 1. The quantitative estimate of drug-likeness (QED) is 0.375. The van der Waals surface area contributed by atoms with E-state index in [1.807, 2.05) is 59.4 Å². The number of aromatic nitrogens is 1. The molecule has 0 bridgehead atoms. The Kier molecular flexibility index (Phi) is 4.96. The fourth-order valence-corrected chi connectivity index (χ4v) is 4.38. The van der Waals surface area contributed by atoms with Gasteiger partial charge >= 0.3 is 5.63 Å². The highest BCUT2D eigenvalue weighted by Gasteiger charge is 2.41. The molecular formula is C25H17ClN3O3+. The van der Waals surface area contributed by atoms with Gasteiger partial charge in [-0.3, -0.25) is 5.41 Å². The summed E-state index contributed by atoms with van der Waals surface area (Å²) in [4.78, 5) is 13.0. The highest BCUT2D eigenvalue weighted by Crippen LogP contribution is 2.43. The van der Waals surface area contributed by atoms with Crippen LogP contribution in [0.4, 0.5) is 0 Å². The lowest BCUT2D eigenvalue weighted by Crippen LogP contribution is -2.38. The van der Waals surface area contributed by atoms with Crippen LogP contribution in [0, 0.1) is 22.7 Å². The average Bonchev–Trinajstić information content (AvgIpc) is 2.78. The van der Waals surface area contributed by atoms with Crippen molar-refractivity contribution in [3.8, 4) is 11.8 Å². The van der Waals surface area contributed by atoms with E-state index in [9.17, 15) is 10.1 Å². The first-order valence-corrected chi connectivity index (χ1v) is 10.4. The van der Waals surface area contributed by atoms with Crippen molar-refractivity contribution >= 4 is 28.5 Å². The number of para-hydroxylation sites is 1. The van der Waals surface area contributed by atoms with E-state index < -0.39 is 17.5 Å². The largest absolute Gasteiger partial charge is 0.441 e. The summed E-state index contributed by atoms with van der Waals surface area (Å²) in [5.41, 5.74) is 1.80. The number of hydrogen-bond acceptors (Lipinski definition) is 5. The highest BCUT2D eigenvalue weighted by molar-refractivity contribution is 6.30. The molecular weight excluding hydrogens is 426 g/mol. The molecule has 32 heavy (non-hydrogen) atoms. The Morgan fingerprint density at radius 1 is 1.12 bits per heavy atom. The van der Waals surface area contributed by atoms with Gasteiger partial charge in [0.25, 0.3) is 0 Å². The molecule has 3 heterocycles. The van der Waals surface area contributed by atoms with Gasteiger partial charge in [-0.1, -0.05) is 35.9 Å². The smallest absolute Gasteiger partial charge is 0.343 e. The predicted molar refractivity (Wildman–Crippen MR) is 119 cm³/mol. The monoisotopic (exact) mass is 442 g/mol. The van der Waals surface area contributed by atoms with E-state index >= 15 is 0 Å². The molecule has 0 saturated heterocycles. The Morgan fingerprint density at radius 3 is 2.78 bits per heavy atom. The second-order valence-corrected chi connectivity index (χ2v) is 8.06. The van der Waals surface area contributed by atoms with Gasteiger partial charge in [0.05, 0.1) is 22.9 Å². The minimum absolute atomic E-state index is 0.189. The number of nitrogens with zero attached hydrogens (tertiary/aromatic N) is 2. The van der Waals surface area contributed by atoms with Crippen LogP contribution >= 0.6 is 11.6 Å². The summed E-state index contributed by atoms with van der Waals surface area (Å²) in [6, 6.07) is 20.4. The number of pyridine rings is 1. The van der Waals surface area contributed by atoms with Crippen LogP contribution in [0.5, 0.6) is 5.75 Å². The van der Waals surface area contributed by atoms with E-state index in [0.717, 1.165) is 11.1 Å². The molecule has 2 aromatic heterocycles. The number of fused-ring (bicyclic) bond motifs is 3. The lowest BCUT2D eigenvalue weighted by atomic mass is 9.80. The molecule has 0 radical (unpaired) electrons. The first kappa shape index (κ1) is 20.0. The molecule has 156 valence electrons. The van der Waals surface area contributed by atoms with E-state index in [1.165, 1.54) is 0 Å². The molecule has 5 rings (SSSR count). The molecule has 0 amide bonds. The van der Waals surface area contributed by atoms with E-state index in [0.29, 0.717) is 22.5 Å². The van der Waals surface area contributed by atoms with E-state index in [4.69, 9.17) is 26.2 Å². The first-order valence-electron chi connectivity index (χ1n) is 10.0. The van der Waals surface area contributed by atoms with Crippen molar-refractivity contribution in [3.63, 3.8) is 0 Å². The number of benzene rings is 2. The summed E-state index contributed by atoms with van der Waals surface area (Å²) in [5, 5.41) is 19.4. The summed E-state index contributed by atoms with van der Waals surface area (Å²) in [7, 11) is 0. The third-order valence-corrected chi connectivity index (χ3v) is 5.81. The van der Waals surface area contributed by atoms with Crippen LogP contribution in [0.1, 0.15) is 22.6 Å². The van der Waals surface area contributed by atoms with Crippen molar-refractivity contribution in [1.82, 2.24) is 0 Å². The van der Waals surface area contributed by atoms with Crippen molar-refractivity contribution in [1.29, 1.82) is 10.7 Å². The van der Waals surface area contributed by atoms with Crippen LogP contribution in [0.3, 0.4) is 0 Å². The molecule has 1 aliphatic rings. The summed E-state index contributed by atoms with van der Waals surface area (Å²) in [6.45, 7) is 0.561. The lowest BCUT2D eigenvalue weighted by Gasteiger charge is -2.29. The Balaban J connectivity index is 1.66. The maximum atomic E-state index is 13.0. The van der Waals surface area contributed by atoms with Crippen LogP contribution < -0.4 is 14.9 Å².